The number of carbonyl (C=O) groups is 1. The third-order valence-corrected chi connectivity index (χ3v) is 5.82. The zero-order valence-electron chi connectivity index (χ0n) is 14.9. The molecule has 0 aliphatic carbocycles. The van der Waals surface area contributed by atoms with Gasteiger partial charge < -0.3 is 9.42 Å². The van der Waals surface area contributed by atoms with Crippen LogP contribution in [0.3, 0.4) is 0 Å². The Kier molecular flexibility index (Phi) is 4.59. The summed E-state index contributed by atoms with van der Waals surface area (Å²) in [6, 6.07) is 12.0. The molecule has 0 radical (unpaired) electrons. The van der Waals surface area contributed by atoms with Gasteiger partial charge in [-0.25, -0.2) is 0 Å². The molecule has 0 unspecified atom stereocenters. The molecule has 0 bridgehead atoms. The van der Waals surface area contributed by atoms with Crippen LogP contribution in [0.25, 0.3) is 11.4 Å². The minimum Gasteiger partial charge on any atom is -0.339 e. The number of aromatic nitrogens is 2. The van der Waals surface area contributed by atoms with Crippen LogP contribution in [0, 0.1) is 13.8 Å². The van der Waals surface area contributed by atoms with E-state index in [1.807, 2.05) is 48.2 Å². The number of amides is 1. The van der Waals surface area contributed by atoms with Crippen molar-refractivity contribution in [3.63, 3.8) is 0 Å². The maximum absolute atomic E-state index is 12.6. The Morgan fingerprint density at radius 3 is 2.50 bits per heavy atom. The van der Waals surface area contributed by atoms with Gasteiger partial charge in [-0.05, 0) is 38.8 Å². The molecule has 1 fully saturated rings. The number of aryl methyl sites for hydroxylation is 2. The monoisotopic (exact) mass is 367 g/mol. The first-order valence-electron chi connectivity index (χ1n) is 8.86. The van der Waals surface area contributed by atoms with Crippen molar-refractivity contribution < 1.29 is 9.32 Å². The maximum atomic E-state index is 12.6. The molecule has 0 saturated carbocycles. The number of likely N-dealkylation sites (tertiary alicyclic amines) is 1. The zero-order valence-corrected chi connectivity index (χ0v) is 15.8. The standard InChI is InChI=1S/C20H21N3O2S/c1-13-3-6-15(7-4-13)18-21-19(25-22-18)16-9-11-23(12-10-16)20(24)17-8-5-14(2)26-17/h3-8,16H,9-12H2,1-2H3. The number of thiophene rings is 1. The van der Waals surface area contributed by atoms with E-state index in [1.165, 1.54) is 5.56 Å². The second-order valence-electron chi connectivity index (χ2n) is 6.80. The highest BCUT2D eigenvalue weighted by Crippen LogP contribution is 2.30. The van der Waals surface area contributed by atoms with E-state index >= 15 is 0 Å². The molecule has 0 spiro atoms. The fraction of sp³-hybridized carbons (Fsp3) is 0.350. The molecular weight excluding hydrogens is 346 g/mol. The molecule has 5 nitrogen and oxygen atoms in total. The number of carbonyl (C=O) groups excluding carboxylic acids is 1. The van der Waals surface area contributed by atoms with Crippen molar-refractivity contribution in [2.75, 3.05) is 13.1 Å². The topological polar surface area (TPSA) is 59.2 Å². The Bertz CT molecular complexity index is 905. The van der Waals surface area contributed by atoms with Crippen LogP contribution in [-0.4, -0.2) is 34.0 Å². The van der Waals surface area contributed by atoms with Gasteiger partial charge in [0.2, 0.25) is 11.7 Å². The van der Waals surface area contributed by atoms with Crippen molar-refractivity contribution >= 4 is 17.2 Å². The number of rotatable bonds is 3. The Morgan fingerprint density at radius 2 is 1.85 bits per heavy atom. The molecule has 1 aromatic carbocycles. The third kappa shape index (κ3) is 3.42. The van der Waals surface area contributed by atoms with Gasteiger partial charge in [-0.15, -0.1) is 11.3 Å². The molecule has 3 heterocycles. The molecule has 0 N–H and O–H groups in total. The molecule has 1 aliphatic heterocycles. The summed E-state index contributed by atoms with van der Waals surface area (Å²) in [6.45, 7) is 5.53. The Hall–Kier alpha value is -2.47. The lowest BCUT2D eigenvalue weighted by atomic mass is 9.96. The van der Waals surface area contributed by atoms with Crippen molar-refractivity contribution in [2.24, 2.45) is 0 Å². The molecule has 6 heteroatoms. The van der Waals surface area contributed by atoms with Gasteiger partial charge in [0, 0.05) is 29.4 Å². The molecule has 0 atom stereocenters. The number of hydrogen-bond acceptors (Lipinski definition) is 5. The molecule has 1 saturated heterocycles. The van der Waals surface area contributed by atoms with Gasteiger partial charge in [-0.1, -0.05) is 35.0 Å². The molecule has 4 rings (SSSR count). The van der Waals surface area contributed by atoms with Crippen molar-refractivity contribution in [3.8, 4) is 11.4 Å². The molecule has 3 aromatic rings. The van der Waals surface area contributed by atoms with Gasteiger partial charge in [-0.3, -0.25) is 4.79 Å². The third-order valence-electron chi connectivity index (χ3n) is 4.83. The highest BCUT2D eigenvalue weighted by Gasteiger charge is 2.28. The first kappa shape index (κ1) is 17.0. The van der Waals surface area contributed by atoms with E-state index in [0.29, 0.717) is 11.7 Å². The van der Waals surface area contributed by atoms with Gasteiger partial charge in [0.15, 0.2) is 0 Å². The molecule has 1 amide bonds. The van der Waals surface area contributed by atoms with E-state index in [9.17, 15) is 4.79 Å². The van der Waals surface area contributed by atoms with Crippen LogP contribution in [0.1, 0.15) is 44.8 Å². The predicted octanol–water partition coefficient (Wildman–Crippen LogP) is 4.43. The number of piperidine rings is 1. The SMILES string of the molecule is Cc1ccc(-c2noc(C3CCN(C(=O)c4ccc(C)s4)CC3)n2)cc1. The van der Waals surface area contributed by atoms with Gasteiger partial charge >= 0.3 is 0 Å². The second-order valence-corrected chi connectivity index (χ2v) is 8.09. The first-order chi connectivity index (χ1) is 12.6. The van der Waals surface area contributed by atoms with E-state index in [2.05, 4.69) is 17.1 Å². The summed E-state index contributed by atoms with van der Waals surface area (Å²) in [5.41, 5.74) is 2.17. The summed E-state index contributed by atoms with van der Waals surface area (Å²) in [4.78, 5) is 21.1. The Morgan fingerprint density at radius 1 is 1.12 bits per heavy atom. The predicted molar refractivity (Wildman–Crippen MR) is 101 cm³/mol. The fourth-order valence-corrected chi connectivity index (χ4v) is 4.09. The molecule has 134 valence electrons. The van der Waals surface area contributed by atoms with Crippen LogP contribution >= 0.6 is 11.3 Å². The lowest BCUT2D eigenvalue weighted by Crippen LogP contribution is -2.37. The van der Waals surface area contributed by atoms with Crippen LogP contribution < -0.4 is 0 Å². The normalized spacial score (nSPS) is 15.4. The Labute approximate surface area is 156 Å². The molecule has 26 heavy (non-hydrogen) atoms. The summed E-state index contributed by atoms with van der Waals surface area (Å²) in [5.74, 6) is 1.66. The van der Waals surface area contributed by atoms with Crippen molar-refractivity contribution in [2.45, 2.75) is 32.6 Å². The van der Waals surface area contributed by atoms with Gasteiger partial charge in [-0.2, -0.15) is 4.98 Å². The summed E-state index contributed by atoms with van der Waals surface area (Å²) >= 11 is 1.56. The minimum atomic E-state index is 0.132. The van der Waals surface area contributed by atoms with Crippen molar-refractivity contribution in [3.05, 3.63) is 57.6 Å². The van der Waals surface area contributed by atoms with E-state index in [4.69, 9.17) is 4.52 Å². The highest BCUT2D eigenvalue weighted by atomic mass is 32.1. The summed E-state index contributed by atoms with van der Waals surface area (Å²) < 4.78 is 5.51. The Balaban J connectivity index is 1.40. The lowest BCUT2D eigenvalue weighted by Gasteiger charge is -2.30. The highest BCUT2D eigenvalue weighted by molar-refractivity contribution is 7.13. The van der Waals surface area contributed by atoms with E-state index in [1.54, 1.807) is 11.3 Å². The smallest absolute Gasteiger partial charge is 0.263 e. The zero-order chi connectivity index (χ0) is 18.1. The van der Waals surface area contributed by atoms with Crippen molar-refractivity contribution in [1.29, 1.82) is 0 Å². The summed E-state index contributed by atoms with van der Waals surface area (Å²) in [6.07, 6.45) is 1.71. The van der Waals surface area contributed by atoms with Crippen LogP contribution in [0.2, 0.25) is 0 Å². The number of hydrogen-bond donors (Lipinski definition) is 0. The van der Waals surface area contributed by atoms with Gasteiger partial charge in [0.25, 0.3) is 5.91 Å². The summed E-state index contributed by atoms with van der Waals surface area (Å²) in [7, 11) is 0. The second kappa shape index (κ2) is 7.03. The van der Waals surface area contributed by atoms with Gasteiger partial charge in [0.05, 0.1) is 4.88 Å². The average Bonchev–Trinajstić information content (AvgIpc) is 3.31. The lowest BCUT2D eigenvalue weighted by molar-refractivity contribution is 0.0709. The maximum Gasteiger partial charge on any atom is 0.263 e. The molecular formula is C20H21N3O2S. The average molecular weight is 367 g/mol. The molecule has 2 aromatic heterocycles. The van der Waals surface area contributed by atoms with Gasteiger partial charge in [0.1, 0.15) is 0 Å². The number of nitrogens with zero attached hydrogens (tertiary/aromatic N) is 3. The van der Waals surface area contributed by atoms with Crippen LogP contribution in [0.15, 0.2) is 40.9 Å². The fourth-order valence-electron chi connectivity index (χ4n) is 3.26. The van der Waals surface area contributed by atoms with Crippen LogP contribution in [0.4, 0.5) is 0 Å². The largest absolute Gasteiger partial charge is 0.339 e. The van der Waals surface area contributed by atoms with Crippen LogP contribution in [0.5, 0.6) is 0 Å². The first-order valence-corrected chi connectivity index (χ1v) is 9.68. The van der Waals surface area contributed by atoms with E-state index in [0.717, 1.165) is 41.2 Å². The van der Waals surface area contributed by atoms with Crippen molar-refractivity contribution in [1.82, 2.24) is 15.0 Å². The van der Waals surface area contributed by atoms with E-state index in [-0.39, 0.29) is 11.8 Å². The summed E-state index contributed by atoms with van der Waals surface area (Å²) in [5, 5.41) is 4.13. The van der Waals surface area contributed by atoms with Crippen LogP contribution in [-0.2, 0) is 0 Å². The molecule has 1 aliphatic rings. The van der Waals surface area contributed by atoms with E-state index < -0.39 is 0 Å². The quantitative estimate of drug-likeness (QED) is 0.687. The minimum absolute atomic E-state index is 0.132. The number of benzene rings is 1.